The molecule has 5 heteroatoms. The van der Waals surface area contributed by atoms with Gasteiger partial charge in [0.25, 0.3) is 0 Å². The SMILES string of the molecule is O=C(O)C1(c2cc3c(cc2Br)OCCCO3)CC1. The number of carbonyl (C=O) groups is 1. The van der Waals surface area contributed by atoms with E-state index >= 15 is 0 Å². The second kappa shape index (κ2) is 4.16. The van der Waals surface area contributed by atoms with Crippen LogP contribution in [0.4, 0.5) is 0 Å². The van der Waals surface area contributed by atoms with E-state index in [4.69, 9.17) is 9.47 Å². The minimum atomic E-state index is -0.766. The summed E-state index contributed by atoms with van der Waals surface area (Å²) < 4.78 is 12.0. The number of carboxylic acids is 1. The van der Waals surface area contributed by atoms with Gasteiger partial charge in [-0.05, 0) is 30.5 Å². The molecule has 1 aromatic carbocycles. The fourth-order valence-corrected chi connectivity index (χ4v) is 2.98. The summed E-state index contributed by atoms with van der Waals surface area (Å²) in [7, 11) is 0. The minimum Gasteiger partial charge on any atom is -0.490 e. The van der Waals surface area contributed by atoms with E-state index in [0.29, 0.717) is 37.6 Å². The fourth-order valence-electron chi connectivity index (χ4n) is 2.27. The maximum atomic E-state index is 11.4. The van der Waals surface area contributed by atoms with Crippen molar-refractivity contribution in [1.82, 2.24) is 0 Å². The Hall–Kier alpha value is -1.23. The highest BCUT2D eigenvalue weighted by Crippen LogP contribution is 2.53. The van der Waals surface area contributed by atoms with Crippen molar-refractivity contribution < 1.29 is 19.4 Å². The van der Waals surface area contributed by atoms with E-state index in [-0.39, 0.29) is 0 Å². The van der Waals surface area contributed by atoms with Crippen LogP contribution < -0.4 is 9.47 Å². The van der Waals surface area contributed by atoms with Crippen LogP contribution in [0.5, 0.6) is 11.5 Å². The summed E-state index contributed by atoms with van der Waals surface area (Å²) in [5.41, 5.74) is 0.0584. The molecular formula is C13H13BrO4. The van der Waals surface area contributed by atoms with Gasteiger partial charge >= 0.3 is 5.97 Å². The molecule has 0 unspecified atom stereocenters. The van der Waals surface area contributed by atoms with Gasteiger partial charge in [0.2, 0.25) is 0 Å². The molecule has 0 radical (unpaired) electrons. The van der Waals surface area contributed by atoms with E-state index in [1.165, 1.54) is 0 Å². The van der Waals surface area contributed by atoms with Crippen LogP contribution in [0, 0.1) is 0 Å². The lowest BCUT2D eigenvalue weighted by atomic mass is 9.96. The van der Waals surface area contributed by atoms with Gasteiger partial charge in [0.15, 0.2) is 11.5 Å². The summed E-state index contributed by atoms with van der Waals surface area (Å²) in [6, 6.07) is 3.63. The number of carboxylic acid groups (broad SMARTS) is 1. The number of fused-ring (bicyclic) bond motifs is 1. The van der Waals surface area contributed by atoms with Crippen molar-refractivity contribution in [3.8, 4) is 11.5 Å². The smallest absolute Gasteiger partial charge is 0.314 e. The molecule has 0 atom stereocenters. The van der Waals surface area contributed by atoms with E-state index in [9.17, 15) is 9.90 Å². The van der Waals surface area contributed by atoms with Gasteiger partial charge in [-0.25, -0.2) is 0 Å². The monoisotopic (exact) mass is 312 g/mol. The van der Waals surface area contributed by atoms with Crippen molar-refractivity contribution in [3.63, 3.8) is 0 Å². The van der Waals surface area contributed by atoms with Crippen LogP contribution >= 0.6 is 15.9 Å². The standard InChI is InChI=1S/C13H13BrO4/c14-9-7-11-10(17-4-1-5-18-11)6-8(9)13(2-3-13)12(15)16/h6-7H,1-5H2,(H,15,16). The second-order valence-electron chi connectivity index (χ2n) is 4.72. The molecule has 0 spiro atoms. The predicted octanol–water partition coefficient (Wildman–Crippen LogP) is 2.73. The Morgan fingerprint density at radius 2 is 1.83 bits per heavy atom. The maximum absolute atomic E-state index is 11.4. The summed E-state index contributed by atoms with van der Waals surface area (Å²) in [6.45, 7) is 1.23. The number of ether oxygens (including phenoxy) is 2. The fraction of sp³-hybridized carbons (Fsp3) is 0.462. The highest BCUT2D eigenvalue weighted by atomic mass is 79.9. The molecule has 1 heterocycles. The Labute approximate surface area is 113 Å². The Kier molecular flexibility index (Phi) is 2.73. The van der Waals surface area contributed by atoms with Crippen molar-refractivity contribution in [1.29, 1.82) is 0 Å². The second-order valence-corrected chi connectivity index (χ2v) is 5.57. The largest absolute Gasteiger partial charge is 0.490 e. The Balaban J connectivity index is 2.06. The van der Waals surface area contributed by atoms with E-state index in [2.05, 4.69) is 15.9 Å². The first-order valence-corrected chi connectivity index (χ1v) is 6.76. The van der Waals surface area contributed by atoms with Gasteiger partial charge < -0.3 is 14.6 Å². The molecular weight excluding hydrogens is 300 g/mol. The lowest BCUT2D eigenvalue weighted by Crippen LogP contribution is -2.20. The predicted molar refractivity (Wildman–Crippen MR) is 68.3 cm³/mol. The van der Waals surface area contributed by atoms with Gasteiger partial charge in [0, 0.05) is 10.9 Å². The molecule has 0 bridgehead atoms. The van der Waals surface area contributed by atoms with Gasteiger partial charge in [0.1, 0.15) is 0 Å². The lowest BCUT2D eigenvalue weighted by molar-refractivity contribution is -0.140. The number of benzene rings is 1. The van der Waals surface area contributed by atoms with Crippen molar-refractivity contribution in [2.45, 2.75) is 24.7 Å². The van der Waals surface area contributed by atoms with Crippen LogP contribution in [0.15, 0.2) is 16.6 Å². The van der Waals surface area contributed by atoms with Crippen LogP contribution in [0.25, 0.3) is 0 Å². The van der Waals surface area contributed by atoms with E-state index < -0.39 is 11.4 Å². The normalized spacial score (nSPS) is 20.1. The van der Waals surface area contributed by atoms with Crippen molar-refractivity contribution >= 4 is 21.9 Å². The summed E-state index contributed by atoms with van der Waals surface area (Å²) in [5, 5.41) is 9.35. The number of rotatable bonds is 2. The van der Waals surface area contributed by atoms with Crippen molar-refractivity contribution in [2.75, 3.05) is 13.2 Å². The molecule has 0 aromatic heterocycles. The summed E-state index contributed by atoms with van der Waals surface area (Å²) >= 11 is 3.45. The summed E-state index contributed by atoms with van der Waals surface area (Å²) in [6.07, 6.45) is 2.20. The molecule has 18 heavy (non-hydrogen) atoms. The van der Waals surface area contributed by atoms with Gasteiger partial charge in [-0.3, -0.25) is 4.79 Å². The first-order chi connectivity index (χ1) is 8.63. The molecule has 1 N–H and O–H groups in total. The van der Waals surface area contributed by atoms with Crippen LogP contribution in [0.2, 0.25) is 0 Å². The van der Waals surface area contributed by atoms with Crippen LogP contribution in [0.1, 0.15) is 24.8 Å². The minimum absolute atomic E-state index is 0.605. The first-order valence-electron chi connectivity index (χ1n) is 5.96. The van der Waals surface area contributed by atoms with Crippen molar-refractivity contribution in [3.05, 3.63) is 22.2 Å². The Bertz CT molecular complexity index is 508. The van der Waals surface area contributed by atoms with Crippen LogP contribution in [-0.4, -0.2) is 24.3 Å². The Morgan fingerprint density at radius 3 is 2.39 bits per heavy atom. The number of aliphatic carboxylic acids is 1. The van der Waals surface area contributed by atoms with Crippen LogP contribution in [-0.2, 0) is 10.2 Å². The van der Waals surface area contributed by atoms with E-state index in [1.807, 2.05) is 12.1 Å². The molecule has 3 rings (SSSR count). The number of hydrogen-bond acceptors (Lipinski definition) is 3. The molecule has 0 amide bonds. The molecule has 2 aliphatic rings. The number of hydrogen-bond donors (Lipinski definition) is 1. The highest BCUT2D eigenvalue weighted by Gasteiger charge is 2.53. The molecule has 1 aliphatic carbocycles. The zero-order valence-electron chi connectivity index (χ0n) is 9.74. The van der Waals surface area contributed by atoms with Crippen LogP contribution in [0.3, 0.4) is 0 Å². The average Bonchev–Trinajstić information content (AvgIpc) is 3.12. The number of halogens is 1. The van der Waals surface area contributed by atoms with Gasteiger partial charge in [0.05, 0.1) is 18.6 Å². The highest BCUT2D eigenvalue weighted by molar-refractivity contribution is 9.10. The molecule has 96 valence electrons. The van der Waals surface area contributed by atoms with Gasteiger partial charge in [-0.2, -0.15) is 0 Å². The quantitative estimate of drug-likeness (QED) is 0.912. The Morgan fingerprint density at radius 1 is 1.22 bits per heavy atom. The van der Waals surface area contributed by atoms with Gasteiger partial charge in [-0.15, -0.1) is 0 Å². The third kappa shape index (κ3) is 1.77. The van der Waals surface area contributed by atoms with E-state index in [1.54, 1.807) is 0 Å². The van der Waals surface area contributed by atoms with E-state index in [0.717, 1.165) is 16.5 Å². The molecule has 1 aliphatic heterocycles. The third-order valence-corrected chi connectivity index (χ3v) is 4.17. The molecule has 1 fully saturated rings. The molecule has 0 saturated heterocycles. The zero-order valence-corrected chi connectivity index (χ0v) is 11.3. The average molecular weight is 313 g/mol. The summed E-state index contributed by atoms with van der Waals surface area (Å²) in [5.74, 6) is 0.570. The molecule has 1 saturated carbocycles. The zero-order chi connectivity index (χ0) is 12.8. The van der Waals surface area contributed by atoms with Crippen molar-refractivity contribution in [2.24, 2.45) is 0 Å². The molecule has 1 aromatic rings. The molecule has 4 nitrogen and oxygen atoms in total. The van der Waals surface area contributed by atoms with Gasteiger partial charge in [-0.1, -0.05) is 15.9 Å². The summed E-state index contributed by atoms with van der Waals surface area (Å²) in [4.78, 5) is 11.4. The third-order valence-electron chi connectivity index (χ3n) is 3.51. The first kappa shape index (κ1) is 11.8. The maximum Gasteiger partial charge on any atom is 0.314 e. The topological polar surface area (TPSA) is 55.8 Å². The lowest BCUT2D eigenvalue weighted by Gasteiger charge is -2.16.